The van der Waals surface area contributed by atoms with Gasteiger partial charge in [0.15, 0.2) is 5.82 Å². The molecular formula is C10H18N4. The van der Waals surface area contributed by atoms with Gasteiger partial charge in [-0.1, -0.05) is 6.42 Å². The Hall–Kier alpha value is -0.900. The minimum atomic E-state index is 0.657. The van der Waals surface area contributed by atoms with Crippen LogP contribution in [0.5, 0.6) is 0 Å². The first kappa shape index (κ1) is 9.65. The molecule has 1 saturated carbocycles. The average Bonchev–Trinajstić information content (AvgIpc) is 2.94. The van der Waals surface area contributed by atoms with Crippen LogP contribution < -0.4 is 5.73 Å². The maximum absolute atomic E-state index is 5.42. The average molecular weight is 194 g/mol. The van der Waals surface area contributed by atoms with Crippen molar-refractivity contribution < 1.29 is 0 Å². The number of nitrogens with one attached hydrogen (secondary N) is 1. The van der Waals surface area contributed by atoms with Gasteiger partial charge in [-0.25, -0.2) is 4.98 Å². The van der Waals surface area contributed by atoms with Crippen molar-refractivity contribution in [2.24, 2.45) is 5.73 Å². The van der Waals surface area contributed by atoms with Gasteiger partial charge in [0.2, 0.25) is 0 Å². The van der Waals surface area contributed by atoms with Crippen LogP contribution in [0.25, 0.3) is 0 Å². The lowest BCUT2D eigenvalue weighted by Crippen LogP contribution is -1.98. The zero-order valence-electron chi connectivity index (χ0n) is 8.50. The fourth-order valence-corrected chi connectivity index (χ4v) is 1.56. The fraction of sp³-hybridized carbons (Fsp3) is 0.800. The van der Waals surface area contributed by atoms with Crippen LogP contribution in [0, 0.1) is 0 Å². The molecule has 0 aromatic carbocycles. The number of hydrogen-bond donors (Lipinski definition) is 2. The van der Waals surface area contributed by atoms with Crippen molar-refractivity contribution >= 4 is 0 Å². The van der Waals surface area contributed by atoms with Crippen LogP contribution >= 0.6 is 0 Å². The van der Waals surface area contributed by atoms with Gasteiger partial charge in [0.05, 0.1) is 0 Å². The number of unbranched alkanes of at least 4 members (excludes halogenated alkanes) is 2. The summed E-state index contributed by atoms with van der Waals surface area (Å²) in [6.07, 6.45) is 7.02. The van der Waals surface area contributed by atoms with Crippen LogP contribution in [0.1, 0.15) is 49.7 Å². The van der Waals surface area contributed by atoms with E-state index in [2.05, 4.69) is 15.2 Å². The molecular weight excluding hydrogens is 176 g/mol. The molecule has 0 amide bonds. The molecule has 4 heteroatoms. The van der Waals surface area contributed by atoms with E-state index >= 15 is 0 Å². The molecule has 2 rings (SSSR count). The highest BCUT2D eigenvalue weighted by Crippen LogP contribution is 2.37. The Labute approximate surface area is 84.3 Å². The van der Waals surface area contributed by atoms with Gasteiger partial charge in [-0.3, -0.25) is 5.10 Å². The van der Waals surface area contributed by atoms with E-state index in [0.717, 1.165) is 37.5 Å². The summed E-state index contributed by atoms with van der Waals surface area (Å²) < 4.78 is 0. The molecule has 0 aliphatic heterocycles. The molecule has 1 aromatic rings. The number of aromatic amines is 1. The highest BCUT2D eigenvalue weighted by atomic mass is 15.2. The first-order valence-corrected chi connectivity index (χ1v) is 5.51. The Morgan fingerprint density at radius 2 is 2.14 bits per heavy atom. The summed E-state index contributed by atoms with van der Waals surface area (Å²) in [4.78, 5) is 4.47. The van der Waals surface area contributed by atoms with Gasteiger partial charge in [-0.2, -0.15) is 5.10 Å². The van der Waals surface area contributed by atoms with E-state index in [-0.39, 0.29) is 0 Å². The van der Waals surface area contributed by atoms with Crippen LogP contribution in [-0.4, -0.2) is 21.7 Å². The molecule has 0 bridgehead atoms. The largest absolute Gasteiger partial charge is 0.330 e. The van der Waals surface area contributed by atoms with Gasteiger partial charge in [0, 0.05) is 12.3 Å². The molecule has 1 fully saturated rings. The van der Waals surface area contributed by atoms with Crippen LogP contribution in [0.2, 0.25) is 0 Å². The summed E-state index contributed by atoms with van der Waals surface area (Å²) in [5, 5.41) is 7.23. The summed E-state index contributed by atoms with van der Waals surface area (Å²) in [6.45, 7) is 0.795. The number of nitrogens with two attached hydrogens (primary N) is 1. The maximum Gasteiger partial charge on any atom is 0.153 e. The number of aromatic nitrogens is 3. The van der Waals surface area contributed by atoms with Gasteiger partial charge in [0.25, 0.3) is 0 Å². The van der Waals surface area contributed by atoms with Crippen molar-refractivity contribution in [2.45, 2.75) is 44.4 Å². The quantitative estimate of drug-likeness (QED) is 0.672. The van der Waals surface area contributed by atoms with Crippen molar-refractivity contribution in [1.82, 2.24) is 15.2 Å². The monoisotopic (exact) mass is 194 g/mol. The molecule has 4 nitrogen and oxygen atoms in total. The van der Waals surface area contributed by atoms with Crippen LogP contribution in [0.3, 0.4) is 0 Å². The van der Waals surface area contributed by atoms with Crippen LogP contribution in [-0.2, 0) is 6.42 Å². The molecule has 14 heavy (non-hydrogen) atoms. The molecule has 1 aliphatic rings. The second-order valence-electron chi connectivity index (χ2n) is 4.01. The smallest absolute Gasteiger partial charge is 0.153 e. The highest BCUT2D eigenvalue weighted by Gasteiger charge is 2.27. The molecule has 0 atom stereocenters. The van der Waals surface area contributed by atoms with Crippen molar-refractivity contribution in [2.75, 3.05) is 6.54 Å². The molecule has 1 aromatic heterocycles. The Kier molecular flexibility index (Phi) is 3.14. The van der Waals surface area contributed by atoms with Gasteiger partial charge in [-0.15, -0.1) is 0 Å². The van der Waals surface area contributed by atoms with Gasteiger partial charge >= 0.3 is 0 Å². The van der Waals surface area contributed by atoms with E-state index in [1.165, 1.54) is 19.3 Å². The summed E-state index contributed by atoms with van der Waals surface area (Å²) in [5.41, 5.74) is 5.42. The second kappa shape index (κ2) is 4.55. The number of H-pyrrole nitrogens is 1. The number of hydrogen-bond acceptors (Lipinski definition) is 3. The number of aryl methyl sites for hydroxylation is 1. The van der Waals surface area contributed by atoms with Crippen molar-refractivity contribution in [1.29, 1.82) is 0 Å². The molecule has 0 unspecified atom stereocenters. The zero-order chi connectivity index (χ0) is 9.80. The SMILES string of the molecule is NCCCCCc1nc(C2CC2)n[nH]1. The second-order valence-corrected chi connectivity index (χ2v) is 4.01. The first-order chi connectivity index (χ1) is 6.90. The third-order valence-electron chi connectivity index (χ3n) is 2.61. The Balaban J connectivity index is 1.72. The van der Waals surface area contributed by atoms with E-state index in [1.54, 1.807) is 0 Å². The molecule has 0 spiro atoms. The number of nitrogens with zero attached hydrogens (tertiary/aromatic N) is 2. The third kappa shape index (κ3) is 2.54. The lowest BCUT2D eigenvalue weighted by molar-refractivity contribution is 0.670. The molecule has 0 radical (unpaired) electrons. The van der Waals surface area contributed by atoms with Gasteiger partial charge in [0.1, 0.15) is 5.82 Å². The predicted molar refractivity (Wildman–Crippen MR) is 55.0 cm³/mol. The summed E-state index contributed by atoms with van der Waals surface area (Å²) in [7, 11) is 0. The Morgan fingerprint density at radius 3 is 2.86 bits per heavy atom. The molecule has 3 N–H and O–H groups in total. The minimum Gasteiger partial charge on any atom is -0.330 e. The van der Waals surface area contributed by atoms with E-state index in [9.17, 15) is 0 Å². The van der Waals surface area contributed by atoms with Crippen LogP contribution in [0.15, 0.2) is 0 Å². The maximum atomic E-state index is 5.42. The lowest BCUT2D eigenvalue weighted by atomic mass is 10.2. The van der Waals surface area contributed by atoms with E-state index in [4.69, 9.17) is 5.73 Å². The predicted octanol–water partition coefficient (Wildman–Crippen LogP) is 1.35. The summed E-state index contributed by atoms with van der Waals surface area (Å²) in [6, 6.07) is 0. The Bertz CT molecular complexity index is 277. The zero-order valence-corrected chi connectivity index (χ0v) is 8.50. The van der Waals surface area contributed by atoms with E-state index in [0.29, 0.717) is 5.92 Å². The standard InChI is InChI=1S/C10H18N4/c11-7-3-1-2-4-9-12-10(14-13-9)8-5-6-8/h8H,1-7,11H2,(H,12,13,14). The molecule has 78 valence electrons. The summed E-state index contributed by atoms with van der Waals surface area (Å²) in [5.74, 6) is 2.73. The molecule has 1 aliphatic carbocycles. The lowest BCUT2D eigenvalue weighted by Gasteiger charge is -1.95. The van der Waals surface area contributed by atoms with Crippen molar-refractivity contribution in [3.05, 3.63) is 11.6 Å². The summed E-state index contributed by atoms with van der Waals surface area (Å²) >= 11 is 0. The molecule has 1 heterocycles. The van der Waals surface area contributed by atoms with Gasteiger partial charge in [-0.05, 0) is 32.2 Å². The topological polar surface area (TPSA) is 67.6 Å². The molecule has 0 saturated heterocycles. The van der Waals surface area contributed by atoms with Crippen molar-refractivity contribution in [3.63, 3.8) is 0 Å². The highest BCUT2D eigenvalue weighted by molar-refractivity contribution is 5.04. The van der Waals surface area contributed by atoms with Gasteiger partial charge < -0.3 is 5.73 Å². The van der Waals surface area contributed by atoms with E-state index < -0.39 is 0 Å². The third-order valence-corrected chi connectivity index (χ3v) is 2.61. The number of rotatable bonds is 6. The first-order valence-electron chi connectivity index (χ1n) is 5.51. The van der Waals surface area contributed by atoms with Crippen molar-refractivity contribution in [3.8, 4) is 0 Å². The Morgan fingerprint density at radius 1 is 1.29 bits per heavy atom. The van der Waals surface area contributed by atoms with E-state index in [1.807, 2.05) is 0 Å². The fourth-order valence-electron chi connectivity index (χ4n) is 1.56. The minimum absolute atomic E-state index is 0.657. The normalized spacial score (nSPS) is 16.1. The van der Waals surface area contributed by atoms with Crippen LogP contribution in [0.4, 0.5) is 0 Å².